The Kier molecular flexibility index (Phi) is 18.4. The molecule has 0 radical (unpaired) electrons. The Morgan fingerprint density at radius 2 is 0.883 bits per heavy atom. The van der Waals surface area contributed by atoms with Gasteiger partial charge in [0, 0.05) is 12.8 Å². The van der Waals surface area contributed by atoms with E-state index in [1.165, 1.54) is 11.1 Å². The smallest absolute Gasteiger partial charge is 0.311 e. The first kappa shape index (κ1) is 44.8. The number of nitrogens with zero attached hydrogens (tertiary/aromatic N) is 4. The predicted octanol–water partition coefficient (Wildman–Crippen LogP) is 13.8. The fraction of sp³-hybridized carbons (Fsp3) is 0.333. The standard InChI is InChI=1S/C48H52F2N4O6/c1-3-5-11-35-15-19-37(20-16-35)51-53-39-23-27-41(28-24-39)57-33-9-7-13-45(55)59-44-32-31-43(49)48(47(44)50)60-46(56)14-8-10-34-58-42-29-25-40(26-30-42)54-52-38-21-17-36(18-22-38)12-6-4-2/h15-32H,3-14,33-34H2,1-2H3. The number of unbranched alkanes of at least 4 members (excludes halogenated alkanes) is 4. The third-order valence-electron chi connectivity index (χ3n) is 9.29. The Labute approximate surface area is 350 Å². The van der Waals surface area contributed by atoms with Crippen LogP contribution in [0, 0.1) is 11.6 Å². The summed E-state index contributed by atoms with van der Waals surface area (Å²) in [7, 11) is 0. The third-order valence-corrected chi connectivity index (χ3v) is 9.29. The average Bonchev–Trinajstić information content (AvgIpc) is 3.27. The van der Waals surface area contributed by atoms with Gasteiger partial charge in [-0.3, -0.25) is 9.59 Å². The van der Waals surface area contributed by atoms with Gasteiger partial charge >= 0.3 is 11.9 Å². The Bertz CT molecular complexity index is 2140. The van der Waals surface area contributed by atoms with Crippen molar-refractivity contribution >= 4 is 34.7 Å². The molecule has 0 saturated carbocycles. The lowest BCUT2D eigenvalue weighted by atomic mass is 10.1. The number of esters is 2. The monoisotopic (exact) mass is 818 g/mol. The maximum Gasteiger partial charge on any atom is 0.311 e. The van der Waals surface area contributed by atoms with Gasteiger partial charge in [-0.05, 0) is 147 Å². The summed E-state index contributed by atoms with van der Waals surface area (Å²) in [6.45, 7) is 5.00. The van der Waals surface area contributed by atoms with E-state index in [2.05, 4.69) is 58.6 Å². The van der Waals surface area contributed by atoms with E-state index in [4.69, 9.17) is 18.9 Å². The lowest BCUT2D eigenvalue weighted by molar-refractivity contribution is -0.135. The van der Waals surface area contributed by atoms with Crippen LogP contribution in [-0.2, 0) is 22.4 Å². The Balaban J connectivity index is 0.949. The maximum atomic E-state index is 15.1. The number of aryl methyl sites for hydroxylation is 2. The van der Waals surface area contributed by atoms with Crippen molar-refractivity contribution in [3.63, 3.8) is 0 Å². The summed E-state index contributed by atoms with van der Waals surface area (Å²) < 4.78 is 51.2. The molecular weight excluding hydrogens is 767 g/mol. The van der Waals surface area contributed by atoms with Crippen molar-refractivity contribution in [3.8, 4) is 23.0 Å². The van der Waals surface area contributed by atoms with Crippen molar-refractivity contribution in [2.24, 2.45) is 20.5 Å². The molecule has 0 aromatic heterocycles. The summed E-state index contributed by atoms with van der Waals surface area (Å²) in [5.41, 5.74) is 5.49. The minimum Gasteiger partial charge on any atom is -0.494 e. The van der Waals surface area contributed by atoms with Crippen LogP contribution >= 0.6 is 0 Å². The van der Waals surface area contributed by atoms with Crippen molar-refractivity contribution in [1.29, 1.82) is 0 Å². The van der Waals surface area contributed by atoms with E-state index in [1.54, 1.807) is 48.5 Å². The fourth-order valence-corrected chi connectivity index (χ4v) is 5.82. The number of ether oxygens (including phenoxy) is 4. The first-order valence-corrected chi connectivity index (χ1v) is 20.7. The summed E-state index contributed by atoms with van der Waals surface area (Å²) in [6.07, 6.45) is 8.39. The highest BCUT2D eigenvalue weighted by molar-refractivity contribution is 5.74. The number of carbonyl (C=O) groups excluding carboxylic acids is 2. The Morgan fingerprint density at radius 1 is 0.483 bits per heavy atom. The molecule has 0 heterocycles. The molecule has 10 nitrogen and oxygen atoms in total. The zero-order valence-corrected chi connectivity index (χ0v) is 34.3. The first-order chi connectivity index (χ1) is 29.3. The second-order valence-electron chi connectivity index (χ2n) is 14.2. The third kappa shape index (κ3) is 15.5. The van der Waals surface area contributed by atoms with E-state index in [1.807, 2.05) is 24.3 Å². The molecular formula is C48H52F2N4O6. The quantitative estimate of drug-likeness (QED) is 0.0264. The Morgan fingerprint density at radius 3 is 1.30 bits per heavy atom. The molecule has 5 aromatic carbocycles. The molecule has 0 atom stereocenters. The lowest BCUT2D eigenvalue weighted by Crippen LogP contribution is -2.13. The van der Waals surface area contributed by atoms with Crippen molar-refractivity contribution in [3.05, 3.63) is 132 Å². The van der Waals surface area contributed by atoms with E-state index in [0.29, 0.717) is 61.8 Å². The molecule has 314 valence electrons. The van der Waals surface area contributed by atoms with Gasteiger partial charge in [-0.15, -0.1) is 0 Å². The second-order valence-corrected chi connectivity index (χ2v) is 14.2. The fourth-order valence-electron chi connectivity index (χ4n) is 5.82. The van der Waals surface area contributed by atoms with Gasteiger partial charge in [0.05, 0.1) is 36.0 Å². The van der Waals surface area contributed by atoms with Gasteiger partial charge in [0.15, 0.2) is 11.6 Å². The van der Waals surface area contributed by atoms with E-state index >= 15 is 4.39 Å². The molecule has 5 aromatic rings. The number of rotatable bonds is 24. The molecule has 0 aliphatic rings. The van der Waals surface area contributed by atoms with Crippen LogP contribution in [0.1, 0.15) is 89.2 Å². The van der Waals surface area contributed by atoms with Gasteiger partial charge in [-0.1, -0.05) is 51.0 Å². The van der Waals surface area contributed by atoms with Gasteiger partial charge in [0.2, 0.25) is 11.6 Å². The van der Waals surface area contributed by atoms with E-state index < -0.39 is 35.1 Å². The molecule has 0 unspecified atom stereocenters. The summed E-state index contributed by atoms with van der Waals surface area (Å²) >= 11 is 0. The van der Waals surface area contributed by atoms with Gasteiger partial charge in [0.1, 0.15) is 11.5 Å². The van der Waals surface area contributed by atoms with Gasteiger partial charge < -0.3 is 18.9 Å². The van der Waals surface area contributed by atoms with Crippen LogP contribution in [0.2, 0.25) is 0 Å². The number of carbonyl (C=O) groups is 2. The zero-order chi connectivity index (χ0) is 42.4. The van der Waals surface area contributed by atoms with Gasteiger partial charge in [0.25, 0.3) is 0 Å². The second kappa shape index (κ2) is 24.6. The van der Waals surface area contributed by atoms with E-state index in [9.17, 15) is 14.0 Å². The molecule has 0 N–H and O–H groups in total. The molecule has 0 aliphatic heterocycles. The number of hydrogen-bond acceptors (Lipinski definition) is 10. The molecule has 60 heavy (non-hydrogen) atoms. The van der Waals surface area contributed by atoms with Crippen LogP contribution in [0.4, 0.5) is 31.5 Å². The number of hydrogen-bond donors (Lipinski definition) is 0. The molecule has 5 rings (SSSR count). The highest BCUT2D eigenvalue weighted by Gasteiger charge is 2.21. The minimum atomic E-state index is -1.27. The van der Waals surface area contributed by atoms with Crippen molar-refractivity contribution < 1.29 is 37.3 Å². The van der Waals surface area contributed by atoms with Crippen molar-refractivity contribution in [2.45, 2.75) is 90.9 Å². The van der Waals surface area contributed by atoms with Crippen LogP contribution in [0.3, 0.4) is 0 Å². The highest BCUT2D eigenvalue weighted by Crippen LogP contribution is 2.31. The van der Waals surface area contributed by atoms with Crippen molar-refractivity contribution in [1.82, 2.24) is 0 Å². The summed E-state index contributed by atoms with van der Waals surface area (Å²) in [4.78, 5) is 24.9. The topological polar surface area (TPSA) is 121 Å². The number of benzene rings is 5. The minimum absolute atomic E-state index is 0.0280. The average molecular weight is 819 g/mol. The van der Waals surface area contributed by atoms with Crippen LogP contribution < -0.4 is 18.9 Å². The van der Waals surface area contributed by atoms with Crippen LogP contribution in [0.5, 0.6) is 23.0 Å². The molecule has 0 saturated heterocycles. The summed E-state index contributed by atoms with van der Waals surface area (Å²) in [6, 6.07) is 32.3. The highest BCUT2D eigenvalue weighted by atomic mass is 19.1. The molecule has 12 heteroatoms. The molecule has 0 spiro atoms. The van der Waals surface area contributed by atoms with Crippen molar-refractivity contribution in [2.75, 3.05) is 13.2 Å². The molecule has 0 aliphatic carbocycles. The van der Waals surface area contributed by atoms with Crippen LogP contribution in [0.25, 0.3) is 0 Å². The SMILES string of the molecule is CCCCc1ccc(N=Nc2ccc(OCCCCC(=O)Oc3ccc(F)c(OC(=O)CCCCOc4ccc(N=Nc5ccc(CCCC)cc5)cc4)c3F)cc2)cc1. The molecule has 0 bridgehead atoms. The van der Waals surface area contributed by atoms with Crippen LogP contribution in [-0.4, -0.2) is 25.2 Å². The summed E-state index contributed by atoms with van der Waals surface area (Å²) in [5, 5.41) is 17.2. The van der Waals surface area contributed by atoms with Gasteiger partial charge in [-0.25, -0.2) is 4.39 Å². The van der Waals surface area contributed by atoms with E-state index in [0.717, 1.165) is 62.0 Å². The van der Waals surface area contributed by atoms with Gasteiger partial charge in [-0.2, -0.15) is 24.8 Å². The number of halogens is 2. The first-order valence-electron chi connectivity index (χ1n) is 20.7. The lowest BCUT2D eigenvalue weighted by Gasteiger charge is -2.11. The maximum absolute atomic E-state index is 15.1. The normalized spacial score (nSPS) is 11.3. The zero-order valence-electron chi connectivity index (χ0n) is 34.3. The number of azo groups is 2. The van der Waals surface area contributed by atoms with Crippen LogP contribution in [0.15, 0.2) is 130 Å². The Hall–Kier alpha value is -6.30. The largest absolute Gasteiger partial charge is 0.494 e. The summed E-state index contributed by atoms with van der Waals surface area (Å²) in [5.74, 6) is -4.08. The predicted molar refractivity (Wildman–Crippen MR) is 228 cm³/mol. The molecule has 0 fully saturated rings. The van der Waals surface area contributed by atoms with E-state index in [-0.39, 0.29) is 12.8 Å². The molecule has 0 amide bonds.